The molecule has 1 saturated carbocycles. The number of hydrogen-bond donors (Lipinski definition) is 5. The molecule has 2 amide bonds. The maximum absolute atomic E-state index is 16.1. The number of ether oxygens (including phenoxy) is 3. The molecule has 1 aliphatic carbocycles. The normalized spacial score (nSPS) is 19.9. The van der Waals surface area contributed by atoms with Crippen molar-refractivity contribution in [1.82, 2.24) is 55.7 Å². The number of amides is 2. The Kier molecular flexibility index (Phi) is 15.0. The van der Waals surface area contributed by atoms with Crippen LogP contribution in [0.2, 0.25) is 0 Å². The zero-order chi connectivity index (χ0) is 56.1. The van der Waals surface area contributed by atoms with Crippen molar-refractivity contribution in [3.8, 4) is 45.5 Å². The van der Waals surface area contributed by atoms with E-state index in [0.717, 1.165) is 95.3 Å². The number of anilines is 1. The summed E-state index contributed by atoms with van der Waals surface area (Å²) >= 11 is 0. The fraction of sp³-hybridized carbons (Fsp3) is 0.433. The molecule has 4 fully saturated rings. The number of nitrogens with zero attached hydrogens (tertiary/aromatic N) is 9. The highest BCUT2D eigenvalue weighted by molar-refractivity contribution is 6.06. The van der Waals surface area contributed by atoms with Gasteiger partial charge in [-0.05, 0) is 98.7 Å². The lowest BCUT2D eigenvalue weighted by atomic mass is 9.88. The van der Waals surface area contributed by atoms with Gasteiger partial charge >= 0.3 is 6.01 Å². The SMILES string of the molecule is Cc1ncoc1-c1ccc([C@H](CO)NC(=O)[C@@H]2C[C@@H](O)CN2C(=O)[C@H](C(C)C)n2cc(-c3ccc(COc4c(-c5c(C)c(F)cc6[nH]ncc56)c(C5CC5)cc5c(N(C)[C@H]6CCNC6)nc(OC[C@H]6CCCO6)nc45)cc3)nn2)cc1. The van der Waals surface area contributed by atoms with Gasteiger partial charge in [-0.1, -0.05) is 67.6 Å². The van der Waals surface area contributed by atoms with Gasteiger partial charge in [0.2, 0.25) is 11.8 Å². The predicted octanol–water partition coefficient (Wildman–Crippen LogP) is 7.66. The van der Waals surface area contributed by atoms with Crippen LogP contribution in [0.1, 0.15) is 98.3 Å². The number of aromatic amines is 1. The minimum absolute atomic E-state index is 0.0290. The van der Waals surface area contributed by atoms with Crippen LogP contribution in [0.4, 0.5) is 10.2 Å². The van der Waals surface area contributed by atoms with Gasteiger partial charge in [-0.25, -0.2) is 14.1 Å². The summed E-state index contributed by atoms with van der Waals surface area (Å²) in [6.07, 6.45) is 8.59. The first-order valence-electron chi connectivity index (χ1n) is 28.0. The summed E-state index contributed by atoms with van der Waals surface area (Å²) in [5, 5.41) is 45.6. The molecule has 81 heavy (non-hydrogen) atoms. The number of aromatic nitrogens is 8. The number of carbonyl (C=O) groups is 2. The van der Waals surface area contributed by atoms with Gasteiger partial charge in [-0.3, -0.25) is 14.7 Å². The summed E-state index contributed by atoms with van der Waals surface area (Å²) in [5.41, 5.74) is 8.37. The average Bonchev–Trinajstić information content (AvgIpc) is 4.30. The number of β-amino-alcohol motifs (C(OH)–C–C–N with tert-alkyl or cyclic N) is 1. The topological polar surface area (TPSA) is 244 Å². The number of aliphatic hydroxyl groups is 2. The van der Waals surface area contributed by atoms with Crippen molar-refractivity contribution in [3.05, 3.63) is 113 Å². The fourth-order valence-electron chi connectivity index (χ4n) is 11.8. The number of carbonyl (C=O) groups excluding carboxylic acids is 2. The zero-order valence-corrected chi connectivity index (χ0v) is 46.1. The van der Waals surface area contributed by atoms with Crippen LogP contribution in [-0.4, -0.2) is 138 Å². The Balaban J connectivity index is 0.823. The second kappa shape index (κ2) is 22.6. The van der Waals surface area contributed by atoms with E-state index in [4.69, 9.17) is 28.6 Å². The van der Waals surface area contributed by atoms with Crippen LogP contribution >= 0.6 is 0 Å². The number of oxazole rings is 1. The molecule has 0 unspecified atom stereocenters. The number of likely N-dealkylation sites (N-methyl/N-ethyl adjacent to an activating group) is 1. The number of aryl methyl sites for hydroxylation is 1. The van der Waals surface area contributed by atoms with Crippen LogP contribution in [0.5, 0.6) is 11.8 Å². The Bertz CT molecular complexity index is 3590. The van der Waals surface area contributed by atoms with Crippen LogP contribution in [0.3, 0.4) is 0 Å². The summed E-state index contributed by atoms with van der Waals surface area (Å²) < 4.78 is 42.6. The smallest absolute Gasteiger partial charge is 0.319 e. The zero-order valence-electron chi connectivity index (χ0n) is 46.1. The van der Waals surface area contributed by atoms with Gasteiger partial charge in [0.25, 0.3) is 0 Å². The number of aliphatic hydroxyl groups excluding tert-OH is 2. The molecule has 0 radical (unpaired) electrons. The van der Waals surface area contributed by atoms with Crippen LogP contribution in [-0.2, 0) is 20.9 Å². The molecule has 12 rings (SSSR count). The molecule has 4 aliphatic rings. The van der Waals surface area contributed by atoms with E-state index in [1.165, 1.54) is 22.0 Å². The van der Waals surface area contributed by atoms with E-state index < -0.39 is 42.7 Å². The molecule has 8 aromatic rings. The fourth-order valence-corrected chi connectivity index (χ4v) is 11.8. The lowest BCUT2D eigenvalue weighted by molar-refractivity contribution is -0.142. The summed E-state index contributed by atoms with van der Waals surface area (Å²) in [5.74, 6) is 0.521. The number of likely N-dealkylation sites (tertiary alicyclic amines) is 1. The van der Waals surface area contributed by atoms with Crippen LogP contribution in [0.25, 0.3) is 55.5 Å². The molecule has 4 aromatic heterocycles. The van der Waals surface area contributed by atoms with E-state index in [1.807, 2.05) is 57.2 Å². The highest BCUT2D eigenvalue weighted by Gasteiger charge is 2.43. The molecule has 0 bridgehead atoms. The van der Waals surface area contributed by atoms with Crippen molar-refractivity contribution >= 4 is 39.4 Å². The summed E-state index contributed by atoms with van der Waals surface area (Å²) in [7, 11) is 2.07. The maximum Gasteiger partial charge on any atom is 0.319 e. The quantitative estimate of drug-likeness (QED) is 0.0522. The first-order valence-corrected chi connectivity index (χ1v) is 28.0. The minimum Gasteiger partial charge on any atom is -0.486 e. The van der Waals surface area contributed by atoms with Gasteiger partial charge in [0.15, 0.2) is 17.9 Å². The first-order chi connectivity index (χ1) is 39.3. The van der Waals surface area contributed by atoms with E-state index in [2.05, 4.69) is 54.1 Å². The summed E-state index contributed by atoms with van der Waals surface area (Å²) in [6, 6.07) is 16.4. The number of rotatable bonds is 19. The number of halogens is 1. The molecular weight excluding hydrogens is 1040 g/mol. The molecule has 422 valence electrons. The van der Waals surface area contributed by atoms with Gasteiger partial charge in [0, 0.05) is 72.2 Å². The summed E-state index contributed by atoms with van der Waals surface area (Å²) in [4.78, 5) is 46.7. The average molecular weight is 1100 g/mol. The Morgan fingerprint density at radius 1 is 0.988 bits per heavy atom. The molecule has 20 nitrogen and oxygen atoms in total. The highest BCUT2D eigenvalue weighted by Crippen LogP contribution is 2.53. The predicted molar refractivity (Wildman–Crippen MR) is 300 cm³/mol. The third kappa shape index (κ3) is 10.7. The Labute approximate surface area is 467 Å². The third-order valence-corrected chi connectivity index (χ3v) is 16.5. The van der Waals surface area contributed by atoms with Crippen molar-refractivity contribution in [2.45, 2.75) is 115 Å². The number of nitrogens with one attached hydrogen (secondary N) is 3. The Morgan fingerprint density at radius 3 is 2.49 bits per heavy atom. The second-order valence-corrected chi connectivity index (χ2v) is 22.4. The number of H-pyrrole nitrogens is 1. The Hall–Kier alpha value is -7.85. The van der Waals surface area contributed by atoms with E-state index in [-0.39, 0.29) is 55.4 Å². The lowest BCUT2D eigenvalue weighted by Gasteiger charge is -2.30. The number of benzene rings is 4. The molecule has 3 saturated heterocycles. The van der Waals surface area contributed by atoms with Gasteiger partial charge in [0.05, 0.1) is 48.5 Å². The van der Waals surface area contributed by atoms with Gasteiger partial charge in [-0.2, -0.15) is 15.1 Å². The van der Waals surface area contributed by atoms with Crippen molar-refractivity contribution < 1.29 is 42.8 Å². The molecular formula is C60H67FN12O8. The maximum atomic E-state index is 16.1. The highest BCUT2D eigenvalue weighted by atomic mass is 19.1. The van der Waals surface area contributed by atoms with Crippen molar-refractivity contribution in [2.75, 3.05) is 51.4 Å². The monoisotopic (exact) mass is 1100 g/mol. The van der Waals surface area contributed by atoms with Crippen LogP contribution < -0.4 is 25.0 Å². The number of fused-ring (bicyclic) bond motifs is 2. The summed E-state index contributed by atoms with van der Waals surface area (Å²) in [6.45, 7) is 9.79. The van der Waals surface area contributed by atoms with Gasteiger partial charge in [-0.15, -0.1) is 5.10 Å². The van der Waals surface area contributed by atoms with Gasteiger partial charge < -0.3 is 49.3 Å². The van der Waals surface area contributed by atoms with Gasteiger partial charge in [0.1, 0.15) is 48.1 Å². The van der Waals surface area contributed by atoms with Crippen LogP contribution in [0, 0.1) is 25.6 Å². The minimum atomic E-state index is -0.996. The molecule has 21 heteroatoms. The van der Waals surface area contributed by atoms with Crippen molar-refractivity contribution in [3.63, 3.8) is 0 Å². The van der Waals surface area contributed by atoms with Crippen molar-refractivity contribution in [1.29, 1.82) is 0 Å². The van der Waals surface area contributed by atoms with Crippen LogP contribution in [0.15, 0.2) is 83.9 Å². The van der Waals surface area contributed by atoms with Crippen molar-refractivity contribution in [2.24, 2.45) is 5.92 Å². The molecule has 3 aliphatic heterocycles. The molecule has 0 spiro atoms. The lowest BCUT2D eigenvalue weighted by Crippen LogP contribution is -2.50. The standard InChI is InChI=1S/C60H67FN12O8/c1-32(2)54(59(77)72-26-41(75)21-50(72)58(76)65-49(28-74)38-14-16-39(17-15-38)55-34(4)63-31-81-55)73-27-48(69-70-73)37-10-8-35(9-11-37)29-79-56-52(51-33(3)46(61)23-47-45(51)25-64-68-47)43(36-12-13-36)22-44-53(56)66-60(80-30-42-7-6-20-78-42)67-57(44)71(5)40-18-19-62-24-40/h8-11,14-17,22-23,25,27,31-32,36,40-42,49-50,54,62,74-75H,6-7,12-13,18-21,24,26,28-30H2,1-5H3,(H,64,68)(H,65,76)/t40-,41+,42+,49-,50-,54-/m0/s1. The molecule has 6 atom stereocenters. The second-order valence-electron chi connectivity index (χ2n) is 22.4. The van der Waals surface area contributed by atoms with E-state index in [9.17, 15) is 19.8 Å². The first kappa shape index (κ1) is 53.8. The van der Waals surface area contributed by atoms with E-state index in [1.54, 1.807) is 31.5 Å². The Morgan fingerprint density at radius 2 is 1.79 bits per heavy atom. The largest absolute Gasteiger partial charge is 0.486 e. The van der Waals surface area contributed by atoms with E-state index >= 15 is 4.39 Å². The third-order valence-electron chi connectivity index (χ3n) is 16.5. The van der Waals surface area contributed by atoms with E-state index in [0.29, 0.717) is 58.1 Å². The molecule has 4 aromatic carbocycles. The number of hydrogen-bond acceptors (Lipinski definition) is 16. The molecule has 7 heterocycles. The molecule has 5 N–H and O–H groups in total.